The molecule has 42 heavy (non-hydrogen) atoms. The van der Waals surface area contributed by atoms with Crippen LogP contribution in [0.15, 0.2) is 58.0 Å². The van der Waals surface area contributed by atoms with Crippen molar-refractivity contribution in [1.82, 2.24) is 4.57 Å². The maximum Gasteiger partial charge on any atom is 0.343 e. The van der Waals surface area contributed by atoms with Crippen LogP contribution in [0.3, 0.4) is 0 Å². The zero-order valence-corrected chi connectivity index (χ0v) is 24.8. The molecule has 0 N–H and O–H groups in total. The normalized spacial score (nSPS) is 14.3. The van der Waals surface area contributed by atoms with Gasteiger partial charge in [0, 0.05) is 6.20 Å². The Hall–Kier alpha value is -4.58. The Kier molecular flexibility index (Phi) is 10.0. The van der Waals surface area contributed by atoms with Crippen LogP contribution < -0.4 is 33.8 Å². The van der Waals surface area contributed by atoms with Gasteiger partial charge in [0.25, 0.3) is 5.56 Å². The molecule has 0 aliphatic carbocycles. The predicted molar refractivity (Wildman–Crippen MR) is 155 cm³/mol. The number of thiazole rings is 1. The van der Waals surface area contributed by atoms with Crippen molar-refractivity contribution < 1.29 is 38.0 Å². The van der Waals surface area contributed by atoms with E-state index in [4.69, 9.17) is 23.7 Å². The lowest BCUT2D eigenvalue weighted by Gasteiger charge is -2.23. The minimum atomic E-state index is -0.807. The first-order valence-corrected chi connectivity index (χ1v) is 14.1. The smallest absolute Gasteiger partial charge is 0.343 e. The van der Waals surface area contributed by atoms with E-state index in [1.54, 1.807) is 42.5 Å². The van der Waals surface area contributed by atoms with Crippen molar-refractivity contribution in [2.24, 2.45) is 4.99 Å². The highest BCUT2D eigenvalue weighted by Gasteiger charge is 2.31. The zero-order chi connectivity index (χ0) is 30.2. The Morgan fingerprint density at radius 3 is 2.19 bits per heavy atom. The molecule has 0 saturated carbocycles. The monoisotopic (exact) mass is 596 g/mol. The summed E-state index contributed by atoms with van der Waals surface area (Å²) in [6, 6.07) is 9.62. The summed E-state index contributed by atoms with van der Waals surface area (Å²) in [6.07, 6.45) is 3.14. The van der Waals surface area contributed by atoms with Crippen LogP contribution in [0.4, 0.5) is 0 Å². The minimum Gasteiger partial charge on any atom is -0.490 e. The second-order valence-electron chi connectivity index (χ2n) is 8.75. The predicted octanol–water partition coefficient (Wildman–Crippen LogP) is 2.77. The lowest BCUT2D eigenvalue weighted by molar-refractivity contribution is -0.143. The molecular formula is C30H32N2O9S. The molecule has 1 aliphatic rings. The van der Waals surface area contributed by atoms with Gasteiger partial charge >= 0.3 is 11.9 Å². The highest BCUT2D eigenvalue weighted by molar-refractivity contribution is 7.07. The van der Waals surface area contributed by atoms with Gasteiger partial charge in [-0.25, -0.2) is 14.6 Å². The SMILES string of the molecule is CCOc1ccc([C@H]2C(C(=O)OC)=CN=c3s/c(=C\c4ccc(OCC(=O)OC)c(OCC)c4)c(=O)n32)cc1OCC. The lowest BCUT2D eigenvalue weighted by atomic mass is 9.97. The Bertz CT molecular complexity index is 1670. The maximum atomic E-state index is 13.9. The van der Waals surface area contributed by atoms with Crippen LogP contribution in [0.25, 0.3) is 6.08 Å². The molecule has 3 aromatic rings. The van der Waals surface area contributed by atoms with E-state index in [0.29, 0.717) is 63.3 Å². The highest BCUT2D eigenvalue weighted by atomic mass is 32.1. The topological polar surface area (TPSA) is 124 Å². The summed E-state index contributed by atoms with van der Waals surface area (Å²) in [4.78, 5) is 43.0. The van der Waals surface area contributed by atoms with E-state index >= 15 is 0 Å². The third-order valence-corrected chi connectivity index (χ3v) is 7.14. The summed E-state index contributed by atoms with van der Waals surface area (Å²) in [7, 11) is 2.56. The Morgan fingerprint density at radius 2 is 1.52 bits per heavy atom. The second-order valence-corrected chi connectivity index (χ2v) is 9.76. The zero-order valence-electron chi connectivity index (χ0n) is 24.0. The molecule has 0 fully saturated rings. The molecule has 0 amide bonds. The van der Waals surface area contributed by atoms with Crippen LogP contribution in [0.5, 0.6) is 23.0 Å². The maximum absolute atomic E-state index is 13.9. The van der Waals surface area contributed by atoms with E-state index in [1.807, 2.05) is 20.8 Å². The molecule has 1 aromatic heterocycles. The third kappa shape index (κ3) is 6.49. The van der Waals surface area contributed by atoms with Crippen molar-refractivity contribution in [3.05, 3.63) is 79.0 Å². The molecule has 1 atom stereocenters. The summed E-state index contributed by atoms with van der Waals surface area (Å²) in [5.41, 5.74) is 1.16. The number of rotatable bonds is 12. The molecule has 0 unspecified atom stereocenters. The number of benzene rings is 2. The quantitative estimate of drug-likeness (QED) is 0.290. The Balaban J connectivity index is 1.81. The van der Waals surface area contributed by atoms with Crippen molar-refractivity contribution in [2.45, 2.75) is 26.8 Å². The number of hydrogen-bond acceptors (Lipinski definition) is 11. The number of carbonyl (C=O) groups is 2. The van der Waals surface area contributed by atoms with Gasteiger partial charge in [0.2, 0.25) is 0 Å². The van der Waals surface area contributed by atoms with E-state index < -0.39 is 18.0 Å². The summed E-state index contributed by atoms with van der Waals surface area (Å²) < 4.78 is 34.3. The van der Waals surface area contributed by atoms with Gasteiger partial charge in [0.15, 0.2) is 34.4 Å². The molecule has 0 spiro atoms. The molecule has 12 heteroatoms. The third-order valence-electron chi connectivity index (χ3n) is 6.15. The Labute approximate surface area is 246 Å². The Morgan fingerprint density at radius 1 is 0.881 bits per heavy atom. The summed E-state index contributed by atoms with van der Waals surface area (Å²) in [5.74, 6) is 0.704. The first-order chi connectivity index (χ1) is 20.3. The largest absolute Gasteiger partial charge is 0.490 e. The first-order valence-electron chi connectivity index (χ1n) is 13.3. The standard InChI is InChI=1S/C30H32N2O9S/c1-6-38-21-12-10-19(15-24(21)40-8-3)27-20(29(35)37-5)16-31-30-32(27)28(34)25(42-30)14-18-9-11-22(23(13-18)39-7-2)41-17-26(33)36-4/h9-16,27H,6-8,17H2,1-5H3/b25-14-/t27-/m0/s1. The van der Waals surface area contributed by atoms with E-state index in [9.17, 15) is 14.4 Å². The summed E-state index contributed by atoms with van der Waals surface area (Å²) in [5, 5.41) is 0. The van der Waals surface area contributed by atoms with Crippen molar-refractivity contribution in [3.8, 4) is 23.0 Å². The van der Waals surface area contributed by atoms with Crippen LogP contribution in [-0.2, 0) is 19.1 Å². The molecule has 0 radical (unpaired) electrons. The highest BCUT2D eigenvalue weighted by Crippen LogP contribution is 2.35. The van der Waals surface area contributed by atoms with Gasteiger partial charge in [-0.3, -0.25) is 9.36 Å². The van der Waals surface area contributed by atoms with Gasteiger partial charge in [-0.2, -0.15) is 0 Å². The molecule has 0 saturated heterocycles. The first kappa shape index (κ1) is 30.4. The van der Waals surface area contributed by atoms with Gasteiger partial charge in [-0.15, -0.1) is 0 Å². The summed E-state index contributed by atoms with van der Waals surface area (Å²) >= 11 is 1.19. The van der Waals surface area contributed by atoms with Crippen molar-refractivity contribution in [2.75, 3.05) is 40.6 Å². The van der Waals surface area contributed by atoms with E-state index in [0.717, 1.165) is 0 Å². The minimum absolute atomic E-state index is 0.203. The number of hydrogen-bond donors (Lipinski definition) is 0. The number of fused-ring (bicyclic) bond motifs is 1. The number of esters is 2. The van der Waals surface area contributed by atoms with Gasteiger partial charge in [-0.05, 0) is 62.2 Å². The second kappa shape index (κ2) is 13.9. The van der Waals surface area contributed by atoms with Crippen molar-refractivity contribution in [1.29, 1.82) is 0 Å². The van der Waals surface area contributed by atoms with Crippen LogP contribution in [0.1, 0.15) is 37.9 Å². The molecule has 0 bridgehead atoms. The number of methoxy groups -OCH3 is 2. The number of carbonyl (C=O) groups excluding carboxylic acids is 2. The van der Waals surface area contributed by atoms with Crippen LogP contribution in [0, 0.1) is 0 Å². The molecule has 11 nitrogen and oxygen atoms in total. The van der Waals surface area contributed by atoms with Crippen LogP contribution in [-0.4, -0.2) is 57.2 Å². The molecule has 4 rings (SSSR count). The van der Waals surface area contributed by atoms with Crippen LogP contribution >= 0.6 is 11.3 Å². The fourth-order valence-corrected chi connectivity index (χ4v) is 5.31. The number of aromatic nitrogens is 1. The van der Waals surface area contributed by atoms with Gasteiger partial charge in [-0.1, -0.05) is 23.5 Å². The fourth-order valence-electron chi connectivity index (χ4n) is 4.34. The van der Waals surface area contributed by atoms with E-state index in [2.05, 4.69) is 9.73 Å². The van der Waals surface area contributed by atoms with Crippen LogP contribution in [0.2, 0.25) is 0 Å². The van der Waals surface area contributed by atoms with Gasteiger partial charge in [0.1, 0.15) is 0 Å². The van der Waals surface area contributed by atoms with E-state index in [-0.39, 0.29) is 17.7 Å². The number of ether oxygens (including phenoxy) is 6. The molecule has 222 valence electrons. The lowest BCUT2D eigenvalue weighted by Crippen LogP contribution is -2.39. The average molecular weight is 597 g/mol. The fraction of sp³-hybridized carbons (Fsp3) is 0.333. The molecular weight excluding hydrogens is 564 g/mol. The molecule has 1 aliphatic heterocycles. The van der Waals surface area contributed by atoms with Crippen molar-refractivity contribution >= 4 is 29.4 Å². The molecule has 2 aromatic carbocycles. The average Bonchev–Trinajstić information content (AvgIpc) is 3.31. The van der Waals surface area contributed by atoms with Gasteiger partial charge < -0.3 is 28.4 Å². The summed E-state index contributed by atoms with van der Waals surface area (Å²) in [6.45, 7) is 6.51. The van der Waals surface area contributed by atoms with E-state index in [1.165, 1.54) is 36.3 Å². The van der Waals surface area contributed by atoms with Gasteiger partial charge in [0.05, 0.1) is 50.2 Å². The van der Waals surface area contributed by atoms with Crippen molar-refractivity contribution in [3.63, 3.8) is 0 Å². The number of nitrogens with zero attached hydrogens (tertiary/aromatic N) is 2. The molecule has 2 heterocycles.